The Balaban J connectivity index is 1.68. The van der Waals surface area contributed by atoms with E-state index in [0.717, 1.165) is 0 Å². The molecular weight excluding hydrogens is 372 g/mol. The Morgan fingerprint density at radius 1 is 1.42 bits per heavy atom. The summed E-state index contributed by atoms with van der Waals surface area (Å²) in [6, 6.07) is 9.38. The zero-order valence-electron chi connectivity index (χ0n) is 13.3. The van der Waals surface area contributed by atoms with E-state index in [9.17, 15) is 4.79 Å². The highest BCUT2D eigenvalue weighted by Gasteiger charge is 2.23. The van der Waals surface area contributed by atoms with Crippen LogP contribution in [0.15, 0.2) is 41.0 Å². The van der Waals surface area contributed by atoms with Crippen LogP contribution in [-0.2, 0) is 0 Å². The quantitative estimate of drug-likeness (QED) is 0.789. The summed E-state index contributed by atoms with van der Waals surface area (Å²) in [7, 11) is 0. The Labute approximate surface area is 149 Å². The molecule has 0 bridgehead atoms. The Hall–Kier alpha value is -1.92. The van der Waals surface area contributed by atoms with Gasteiger partial charge in [0.25, 0.3) is 5.91 Å². The fourth-order valence-corrected chi connectivity index (χ4v) is 2.74. The number of nitrogens with one attached hydrogen (secondary N) is 1. The first-order valence-corrected chi connectivity index (χ1v) is 8.71. The zero-order valence-corrected chi connectivity index (χ0v) is 14.9. The number of aromatic nitrogens is 1. The number of ether oxygens (including phenoxy) is 1. The maximum absolute atomic E-state index is 12.0. The second-order valence-corrected chi connectivity index (χ2v) is 6.87. The number of hydrogen-bond donors (Lipinski definition) is 2. The van der Waals surface area contributed by atoms with Crippen molar-refractivity contribution in [2.75, 3.05) is 6.61 Å². The van der Waals surface area contributed by atoms with E-state index >= 15 is 0 Å². The average molecular weight is 391 g/mol. The molecule has 24 heavy (non-hydrogen) atoms. The van der Waals surface area contributed by atoms with Crippen molar-refractivity contribution < 1.29 is 14.6 Å². The van der Waals surface area contributed by atoms with Crippen LogP contribution in [0.2, 0.25) is 0 Å². The van der Waals surface area contributed by atoms with Crippen molar-refractivity contribution in [2.24, 2.45) is 0 Å². The Morgan fingerprint density at radius 2 is 2.12 bits per heavy atom. The maximum Gasteiger partial charge on any atom is 0.253 e. The summed E-state index contributed by atoms with van der Waals surface area (Å²) in [6.07, 6.45) is 4.00. The van der Waals surface area contributed by atoms with Gasteiger partial charge in [-0.3, -0.25) is 4.79 Å². The van der Waals surface area contributed by atoms with E-state index in [1.165, 1.54) is 24.6 Å². The van der Waals surface area contributed by atoms with E-state index in [-0.39, 0.29) is 18.6 Å². The molecule has 1 unspecified atom stereocenters. The fraction of sp³-hybridized carbons (Fsp3) is 0.333. The Morgan fingerprint density at radius 3 is 2.71 bits per heavy atom. The largest absolute Gasteiger partial charge is 0.438 e. The van der Waals surface area contributed by atoms with E-state index in [1.54, 1.807) is 13.0 Å². The highest BCUT2D eigenvalue weighted by molar-refractivity contribution is 9.10. The van der Waals surface area contributed by atoms with E-state index < -0.39 is 0 Å². The van der Waals surface area contributed by atoms with Crippen molar-refractivity contribution in [1.82, 2.24) is 10.3 Å². The van der Waals surface area contributed by atoms with Crippen LogP contribution >= 0.6 is 15.9 Å². The molecule has 3 rings (SSSR count). The molecule has 1 saturated carbocycles. The molecule has 0 spiro atoms. The zero-order chi connectivity index (χ0) is 17.1. The third kappa shape index (κ3) is 4.13. The van der Waals surface area contributed by atoms with Gasteiger partial charge in [-0.1, -0.05) is 12.1 Å². The highest BCUT2D eigenvalue weighted by Crippen LogP contribution is 2.40. The monoisotopic (exact) mass is 390 g/mol. The van der Waals surface area contributed by atoms with Crippen molar-refractivity contribution in [3.05, 3.63) is 52.1 Å². The first-order valence-electron chi connectivity index (χ1n) is 7.92. The minimum atomic E-state index is -0.308. The lowest BCUT2D eigenvalue weighted by Crippen LogP contribution is -2.35. The summed E-state index contributed by atoms with van der Waals surface area (Å²) in [6.45, 7) is 1.61. The van der Waals surface area contributed by atoms with Crippen LogP contribution in [0.5, 0.6) is 11.6 Å². The first kappa shape index (κ1) is 16.9. The molecule has 1 aromatic carbocycles. The summed E-state index contributed by atoms with van der Waals surface area (Å²) in [5, 5.41) is 11.7. The summed E-state index contributed by atoms with van der Waals surface area (Å²) in [5.41, 5.74) is 1.75. The molecule has 1 aliphatic rings. The summed E-state index contributed by atoms with van der Waals surface area (Å²) in [4.78, 5) is 16.2. The van der Waals surface area contributed by atoms with Crippen LogP contribution in [0.1, 0.15) is 41.6 Å². The number of benzene rings is 1. The van der Waals surface area contributed by atoms with Crippen molar-refractivity contribution >= 4 is 21.8 Å². The topological polar surface area (TPSA) is 71.5 Å². The molecule has 1 amide bonds. The van der Waals surface area contributed by atoms with E-state index in [1.807, 2.05) is 12.1 Å². The minimum Gasteiger partial charge on any atom is -0.438 e. The third-order valence-electron chi connectivity index (χ3n) is 3.86. The van der Waals surface area contributed by atoms with Gasteiger partial charge in [-0.2, -0.15) is 0 Å². The molecule has 1 heterocycles. The number of pyridine rings is 1. The molecule has 5 nitrogen and oxygen atoms in total. The van der Waals surface area contributed by atoms with Gasteiger partial charge in [-0.15, -0.1) is 0 Å². The van der Waals surface area contributed by atoms with E-state index in [2.05, 4.69) is 38.4 Å². The van der Waals surface area contributed by atoms with Gasteiger partial charge in [-0.25, -0.2) is 4.98 Å². The molecule has 0 radical (unpaired) electrons. The molecule has 6 heteroatoms. The number of carbonyl (C=O) groups excluding carboxylic acids is 1. The Kier molecular flexibility index (Phi) is 5.16. The number of rotatable bonds is 6. The predicted octanol–water partition coefficient (Wildman–Crippen LogP) is 3.62. The first-order chi connectivity index (χ1) is 11.6. The van der Waals surface area contributed by atoms with Gasteiger partial charge in [0.1, 0.15) is 5.75 Å². The van der Waals surface area contributed by atoms with Gasteiger partial charge in [0.15, 0.2) is 0 Å². The summed E-state index contributed by atoms with van der Waals surface area (Å²) >= 11 is 3.39. The smallest absolute Gasteiger partial charge is 0.253 e. The predicted molar refractivity (Wildman–Crippen MR) is 94.4 cm³/mol. The molecular formula is C18H19BrN2O3. The fourth-order valence-electron chi connectivity index (χ4n) is 2.31. The van der Waals surface area contributed by atoms with Crippen molar-refractivity contribution in [1.29, 1.82) is 0 Å². The van der Waals surface area contributed by atoms with E-state index in [0.29, 0.717) is 27.6 Å². The van der Waals surface area contributed by atoms with Crippen LogP contribution in [0.3, 0.4) is 0 Å². The van der Waals surface area contributed by atoms with Crippen molar-refractivity contribution in [3.8, 4) is 11.6 Å². The molecule has 0 aliphatic heterocycles. The molecule has 1 atom stereocenters. The number of carbonyl (C=O) groups is 1. The molecule has 0 saturated heterocycles. The van der Waals surface area contributed by atoms with Crippen LogP contribution < -0.4 is 10.1 Å². The number of amides is 1. The highest BCUT2D eigenvalue weighted by atomic mass is 79.9. The van der Waals surface area contributed by atoms with Gasteiger partial charge in [0.05, 0.1) is 16.6 Å². The summed E-state index contributed by atoms with van der Waals surface area (Å²) in [5.74, 6) is 1.53. The Bertz CT molecular complexity index is 730. The lowest BCUT2D eigenvalue weighted by molar-refractivity contribution is 0.0922. The molecule has 2 aromatic rings. The van der Waals surface area contributed by atoms with Crippen LogP contribution in [0.4, 0.5) is 0 Å². The van der Waals surface area contributed by atoms with Crippen LogP contribution in [0, 0.1) is 0 Å². The van der Waals surface area contributed by atoms with Gasteiger partial charge in [0.2, 0.25) is 5.88 Å². The van der Waals surface area contributed by atoms with Gasteiger partial charge in [0, 0.05) is 12.2 Å². The van der Waals surface area contributed by atoms with Crippen LogP contribution in [-0.4, -0.2) is 28.6 Å². The number of aliphatic hydroxyl groups is 1. The number of halogens is 1. The van der Waals surface area contributed by atoms with Gasteiger partial charge >= 0.3 is 0 Å². The molecule has 1 aromatic heterocycles. The van der Waals surface area contributed by atoms with Crippen molar-refractivity contribution in [2.45, 2.75) is 31.7 Å². The molecule has 2 N–H and O–H groups in total. The SMILES string of the molecule is CC(CO)NC(=O)c1cnc(Oc2ccc(C3CC3)cc2)c(Br)c1. The molecule has 126 valence electrons. The number of nitrogens with zero attached hydrogens (tertiary/aromatic N) is 1. The molecule has 1 fully saturated rings. The molecule has 1 aliphatic carbocycles. The average Bonchev–Trinajstić information content (AvgIpc) is 3.42. The summed E-state index contributed by atoms with van der Waals surface area (Å²) < 4.78 is 6.37. The number of aliphatic hydroxyl groups excluding tert-OH is 1. The second kappa shape index (κ2) is 7.32. The van der Waals surface area contributed by atoms with Crippen molar-refractivity contribution in [3.63, 3.8) is 0 Å². The lowest BCUT2D eigenvalue weighted by atomic mass is 10.1. The van der Waals surface area contributed by atoms with Gasteiger partial charge in [-0.05, 0) is 65.4 Å². The lowest BCUT2D eigenvalue weighted by Gasteiger charge is -2.12. The second-order valence-electron chi connectivity index (χ2n) is 6.01. The minimum absolute atomic E-state index is 0.113. The van der Waals surface area contributed by atoms with Gasteiger partial charge < -0.3 is 15.2 Å². The normalized spacial score (nSPS) is 15.0. The standard InChI is InChI=1S/C18H19BrN2O3/c1-11(10-22)21-17(23)14-8-16(19)18(20-9-14)24-15-6-4-13(5-7-15)12-2-3-12/h4-9,11-12,22H,2-3,10H2,1H3,(H,21,23). The van der Waals surface area contributed by atoms with E-state index in [4.69, 9.17) is 9.84 Å². The number of hydrogen-bond acceptors (Lipinski definition) is 4. The maximum atomic E-state index is 12.0. The third-order valence-corrected chi connectivity index (χ3v) is 4.43. The van der Waals surface area contributed by atoms with Crippen LogP contribution in [0.25, 0.3) is 0 Å².